The topological polar surface area (TPSA) is 307 Å². The molecular weight excluding hydrogens is 1150 g/mol. The molecule has 0 aliphatic carbocycles. The number of carbonyl (C=O) groups is 1. The van der Waals surface area contributed by atoms with Crippen molar-refractivity contribution in [1.82, 2.24) is 5.32 Å². The predicted octanol–water partition coefficient (Wildman–Crippen LogP) is 10.2. The number of carbonyl (C=O) groups excluding carboxylic acids is 1. The Morgan fingerprint density at radius 2 is 0.700 bits per heavy atom. The Labute approximate surface area is 543 Å². The predicted molar refractivity (Wildman–Crippen MR) is 351 cm³/mol. The van der Waals surface area contributed by atoms with Crippen molar-refractivity contribution < 1.29 is 89.4 Å². The first kappa shape index (κ1) is 82.5. The van der Waals surface area contributed by atoms with E-state index in [-0.39, 0.29) is 18.9 Å². The Morgan fingerprint density at radius 3 is 1.08 bits per heavy atom. The van der Waals surface area contributed by atoms with E-state index in [1.807, 2.05) is 6.08 Å². The molecule has 0 aromatic rings. The van der Waals surface area contributed by atoms with E-state index in [0.717, 1.165) is 51.4 Å². The summed E-state index contributed by atoms with van der Waals surface area (Å²) >= 11 is 0. The largest absolute Gasteiger partial charge is 0.394 e. The van der Waals surface area contributed by atoms with Gasteiger partial charge >= 0.3 is 0 Å². The van der Waals surface area contributed by atoms with Gasteiger partial charge in [0.05, 0.1) is 38.6 Å². The van der Waals surface area contributed by atoms with Crippen LogP contribution in [0.4, 0.5) is 0 Å². The Kier molecular flexibility index (Phi) is 49.0. The van der Waals surface area contributed by atoms with E-state index in [2.05, 4.69) is 31.3 Å². The number of aliphatic hydroxyl groups is 11. The van der Waals surface area contributed by atoms with Crippen LogP contribution in [-0.2, 0) is 33.2 Å². The number of hydrogen-bond acceptors (Lipinski definition) is 18. The maximum atomic E-state index is 13.4. The van der Waals surface area contributed by atoms with Gasteiger partial charge in [0.1, 0.15) is 73.2 Å². The second kappa shape index (κ2) is 53.4. The second-order valence-corrected chi connectivity index (χ2v) is 26.4. The molecule has 0 saturated carbocycles. The third kappa shape index (κ3) is 34.8. The fourth-order valence-electron chi connectivity index (χ4n) is 12.5. The van der Waals surface area contributed by atoms with Crippen LogP contribution in [0.15, 0.2) is 24.3 Å². The van der Waals surface area contributed by atoms with Crippen LogP contribution in [0.1, 0.15) is 290 Å². The summed E-state index contributed by atoms with van der Waals surface area (Å²) in [5.41, 5.74) is 0. The van der Waals surface area contributed by atoms with Gasteiger partial charge in [0.25, 0.3) is 0 Å². The van der Waals surface area contributed by atoms with Gasteiger partial charge in [-0.25, -0.2) is 0 Å². The van der Waals surface area contributed by atoms with E-state index in [1.54, 1.807) is 6.08 Å². The van der Waals surface area contributed by atoms with E-state index in [4.69, 9.17) is 28.4 Å². The van der Waals surface area contributed by atoms with Crippen molar-refractivity contribution >= 4 is 5.91 Å². The van der Waals surface area contributed by atoms with Gasteiger partial charge < -0.3 is 89.9 Å². The lowest BCUT2D eigenvalue weighted by Gasteiger charge is -2.48. The normalized spacial score (nSPS) is 28.1. The number of ether oxygens (including phenoxy) is 6. The molecule has 19 heteroatoms. The zero-order valence-electron chi connectivity index (χ0n) is 56.1. The minimum absolute atomic E-state index is 0.243. The molecule has 17 atom stereocenters. The average molecular weight is 1290 g/mol. The Bertz CT molecular complexity index is 1730. The molecule has 90 heavy (non-hydrogen) atoms. The van der Waals surface area contributed by atoms with Gasteiger partial charge in [-0.05, 0) is 44.9 Å². The number of rotatable bonds is 57. The Hall–Kier alpha value is -1.73. The first-order chi connectivity index (χ1) is 43.8. The highest BCUT2D eigenvalue weighted by Crippen LogP contribution is 2.33. The van der Waals surface area contributed by atoms with Crippen LogP contribution < -0.4 is 5.32 Å². The summed E-state index contributed by atoms with van der Waals surface area (Å²) < 4.78 is 34.4. The van der Waals surface area contributed by atoms with Crippen LogP contribution in [0, 0.1) is 0 Å². The minimum Gasteiger partial charge on any atom is -0.394 e. The monoisotopic (exact) mass is 1290 g/mol. The molecule has 12 N–H and O–H groups in total. The van der Waals surface area contributed by atoms with Crippen molar-refractivity contribution in [3.05, 3.63) is 24.3 Å². The molecule has 3 aliphatic heterocycles. The van der Waals surface area contributed by atoms with Crippen LogP contribution in [0.5, 0.6) is 0 Å². The highest BCUT2D eigenvalue weighted by molar-refractivity contribution is 5.76. The van der Waals surface area contributed by atoms with E-state index >= 15 is 0 Å². The molecule has 0 spiro atoms. The van der Waals surface area contributed by atoms with Gasteiger partial charge in [0, 0.05) is 6.42 Å². The number of nitrogens with one attached hydrogen (secondary N) is 1. The van der Waals surface area contributed by atoms with E-state index < -0.39 is 124 Å². The van der Waals surface area contributed by atoms with Crippen LogP contribution in [0.25, 0.3) is 0 Å². The third-order valence-electron chi connectivity index (χ3n) is 18.5. The molecule has 1 amide bonds. The molecule has 3 saturated heterocycles. The van der Waals surface area contributed by atoms with Gasteiger partial charge in [0.2, 0.25) is 5.91 Å². The summed E-state index contributed by atoms with van der Waals surface area (Å²) in [5.74, 6) is -0.274. The number of amides is 1. The molecule has 19 nitrogen and oxygen atoms in total. The summed E-state index contributed by atoms with van der Waals surface area (Å²) in [6.45, 7) is 1.77. The van der Waals surface area contributed by atoms with Gasteiger partial charge in [-0.15, -0.1) is 0 Å². The van der Waals surface area contributed by atoms with Crippen LogP contribution in [-0.4, -0.2) is 193 Å². The lowest BCUT2D eigenvalue weighted by Crippen LogP contribution is -2.66. The summed E-state index contributed by atoms with van der Waals surface area (Å²) in [6.07, 6.45) is 34.4. The minimum atomic E-state index is -1.98. The molecule has 0 bridgehead atoms. The number of unbranched alkanes of at least 4 members (excludes halogenated alkanes) is 39. The molecule has 17 unspecified atom stereocenters. The molecule has 530 valence electrons. The lowest BCUT2D eigenvalue weighted by molar-refractivity contribution is -0.379. The standard InChI is InChI=1S/C71H133NO18/c1-3-5-7-9-11-13-15-17-19-21-23-24-25-26-27-28-29-31-32-34-36-38-40-42-44-46-48-55(76)54(72-59(77)49-47-45-43-41-39-37-35-33-30-22-20-18-16-14-12-10-8-6-4-2)53-85-69-65(83)62(80)67(57(51-74)87-69)90-71-66(84)63(81)68(58(52-75)88-71)89-70-64(82)61(79)60(78)56(50-73)86-70/h18,20,46,48,54-58,60-71,73-76,78-84H,3-17,19,21-45,47,49-53H2,1-2H3,(H,72,77)/b20-18-,48-46+. The van der Waals surface area contributed by atoms with Crippen LogP contribution in [0.3, 0.4) is 0 Å². The van der Waals surface area contributed by atoms with Crippen molar-refractivity contribution in [2.24, 2.45) is 0 Å². The Morgan fingerprint density at radius 1 is 0.389 bits per heavy atom. The van der Waals surface area contributed by atoms with Gasteiger partial charge in [0.15, 0.2) is 18.9 Å². The van der Waals surface area contributed by atoms with E-state index in [1.165, 1.54) is 212 Å². The van der Waals surface area contributed by atoms with Crippen molar-refractivity contribution in [2.45, 2.75) is 394 Å². The maximum absolute atomic E-state index is 13.4. The smallest absolute Gasteiger partial charge is 0.220 e. The van der Waals surface area contributed by atoms with E-state index in [0.29, 0.717) is 6.42 Å². The fourth-order valence-corrected chi connectivity index (χ4v) is 12.5. The quantitative estimate of drug-likeness (QED) is 0.0199. The van der Waals surface area contributed by atoms with Crippen molar-refractivity contribution in [1.29, 1.82) is 0 Å². The summed E-state index contributed by atoms with van der Waals surface area (Å²) in [6, 6.07) is -0.973. The summed E-state index contributed by atoms with van der Waals surface area (Å²) in [5, 5.41) is 121. The number of hydrogen-bond donors (Lipinski definition) is 12. The molecule has 0 aromatic heterocycles. The average Bonchev–Trinajstić information content (AvgIpc) is 0.846. The van der Waals surface area contributed by atoms with Gasteiger partial charge in [-0.2, -0.15) is 0 Å². The maximum Gasteiger partial charge on any atom is 0.220 e. The van der Waals surface area contributed by atoms with Gasteiger partial charge in [-0.1, -0.05) is 263 Å². The zero-order valence-corrected chi connectivity index (χ0v) is 56.1. The SMILES string of the molecule is CCCCCCCC/C=C\CCCCCCCCCCCC(=O)NC(COC1OC(CO)C(OC2OC(CO)C(OC3OC(CO)C(O)C(O)C3O)C(O)C2O)C(O)C1O)C(O)/C=C/CCCCCCCCCCCCCCCCCCCCCCCCCC. The van der Waals surface area contributed by atoms with Crippen LogP contribution in [0.2, 0.25) is 0 Å². The van der Waals surface area contributed by atoms with Crippen LogP contribution >= 0.6 is 0 Å². The first-order valence-electron chi connectivity index (χ1n) is 36.6. The highest BCUT2D eigenvalue weighted by Gasteiger charge is 2.53. The van der Waals surface area contributed by atoms with Crippen molar-refractivity contribution in [3.63, 3.8) is 0 Å². The number of allylic oxidation sites excluding steroid dienone is 3. The molecule has 0 radical (unpaired) electrons. The summed E-state index contributed by atoms with van der Waals surface area (Å²) in [4.78, 5) is 13.4. The third-order valence-corrected chi connectivity index (χ3v) is 18.5. The summed E-state index contributed by atoms with van der Waals surface area (Å²) in [7, 11) is 0. The zero-order chi connectivity index (χ0) is 65.4. The Balaban J connectivity index is 1.42. The highest BCUT2D eigenvalue weighted by atomic mass is 16.8. The van der Waals surface area contributed by atoms with Crippen molar-refractivity contribution in [3.8, 4) is 0 Å². The first-order valence-corrected chi connectivity index (χ1v) is 36.6. The molecule has 3 rings (SSSR count). The molecule has 3 fully saturated rings. The second-order valence-electron chi connectivity index (χ2n) is 26.4. The van der Waals surface area contributed by atoms with E-state index in [9.17, 15) is 61.0 Å². The lowest BCUT2D eigenvalue weighted by atomic mass is 9.96. The molecule has 3 heterocycles. The number of aliphatic hydroxyl groups excluding tert-OH is 11. The fraction of sp³-hybridized carbons (Fsp3) is 0.930. The molecular formula is C71H133NO18. The van der Waals surface area contributed by atoms with Gasteiger partial charge in [-0.3, -0.25) is 4.79 Å². The molecule has 3 aliphatic rings. The molecule has 0 aromatic carbocycles. The van der Waals surface area contributed by atoms with Crippen molar-refractivity contribution in [2.75, 3.05) is 26.4 Å².